The van der Waals surface area contributed by atoms with E-state index in [2.05, 4.69) is 4.98 Å². The molecule has 1 aromatic heterocycles. The molecule has 0 aliphatic heterocycles. The van der Waals surface area contributed by atoms with Crippen LogP contribution in [-0.2, 0) is 9.53 Å². The number of carbonyl (C=O) groups is 1. The lowest BCUT2D eigenvalue weighted by Crippen LogP contribution is -2.13. The Hall–Kier alpha value is -2.18. The third-order valence-electron chi connectivity index (χ3n) is 2.39. The summed E-state index contributed by atoms with van der Waals surface area (Å²) in [7, 11) is 1.31. The fourth-order valence-corrected chi connectivity index (χ4v) is 1.38. The Kier molecular flexibility index (Phi) is 4.59. The molecule has 18 heavy (non-hydrogen) atoms. The molecule has 0 unspecified atom stereocenters. The minimum absolute atomic E-state index is 0.0219. The van der Waals surface area contributed by atoms with Crippen molar-refractivity contribution in [3.05, 3.63) is 27.9 Å². The van der Waals surface area contributed by atoms with Gasteiger partial charge in [-0.05, 0) is 29.8 Å². The Labute approximate surface area is 104 Å². The average Bonchev–Trinajstić information content (AvgIpc) is 2.37. The maximum atomic E-state index is 11.5. The molecule has 0 saturated carbocycles. The van der Waals surface area contributed by atoms with E-state index in [1.807, 2.05) is 0 Å². The lowest BCUT2D eigenvalue weighted by atomic mass is 10.0. The normalized spacial score (nSPS) is 11.7. The quantitative estimate of drug-likeness (QED) is 0.451. The van der Waals surface area contributed by atoms with Gasteiger partial charge < -0.3 is 19.6 Å². The number of rotatable bonds is 5. The number of pyridine rings is 1. The molecule has 98 valence electrons. The van der Waals surface area contributed by atoms with Crippen molar-refractivity contribution < 1.29 is 19.2 Å². The summed E-state index contributed by atoms with van der Waals surface area (Å²) in [6.45, 7) is 3.63. The number of ether oxygens (including phenoxy) is 2. The second-order valence-corrected chi connectivity index (χ2v) is 3.53. The van der Waals surface area contributed by atoms with Crippen LogP contribution in [0.25, 0.3) is 0 Å². The molecule has 1 rings (SSSR count). The summed E-state index contributed by atoms with van der Waals surface area (Å²) in [5.41, 5.74) is 0.510. The fraction of sp³-hybridized carbons (Fsp3) is 0.455. The molecule has 0 saturated heterocycles. The van der Waals surface area contributed by atoms with E-state index in [9.17, 15) is 14.9 Å². The molecular weight excluding hydrogens is 240 g/mol. The van der Waals surface area contributed by atoms with Crippen molar-refractivity contribution in [2.24, 2.45) is 0 Å². The predicted molar refractivity (Wildman–Crippen MR) is 62.5 cm³/mol. The molecule has 1 heterocycles. The first-order valence-electron chi connectivity index (χ1n) is 5.36. The zero-order valence-corrected chi connectivity index (χ0v) is 10.4. The molecule has 0 spiro atoms. The topological polar surface area (TPSA) is 91.6 Å². The largest absolute Gasteiger partial charge is 0.489 e. The SMILES string of the molecule is CCOC(=O)[C@@H](C)c1cnc([N+](=O)[O-])c(OC)c1. The molecule has 0 radical (unpaired) electrons. The summed E-state index contributed by atoms with van der Waals surface area (Å²) in [6.07, 6.45) is 1.28. The van der Waals surface area contributed by atoms with E-state index in [-0.39, 0.29) is 18.2 Å². The number of methoxy groups -OCH3 is 1. The van der Waals surface area contributed by atoms with Crippen LogP contribution in [0, 0.1) is 10.1 Å². The molecular formula is C11H14N2O5. The van der Waals surface area contributed by atoms with Crippen molar-refractivity contribution in [3.8, 4) is 5.75 Å². The smallest absolute Gasteiger partial charge is 0.406 e. The first kappa shape index (κ1) is 13.9. The minimum Gasteiger partial charge on any atom is -0.489 e. The number of hydrogen-bond acceptors (Lipinski definition) is 6. The first-order valence-corrected chi connectivity index (χ1v) is 5.36. The van der Waals surface area contributed by atoms with Crippen LogP contribution in [0.1, 0.15) is 25.3 Å². The van der Waals surface area contributed by atoms with Gasteiger partial charge in [-0.2, -0.15) is 0 Å². The second kappa shape index (κ2) is 5.95. The second-order valence-electron chi connectivity index (χ2n) is 3.53. The maximum absolute atomic E-state index is 11.5. The monoisotopic (exact) mass is 254 g/mol. The summed E-state index contributed by atoms with van der Waals surface area (Å²) < 4.78 is 9.75. The number of nitro groups is 1. The van der Waals surface area contributed by atoms with Gasteiger partial charge in [-0.25, -0.2) is 0 Å². The van der Waals surface area contributed by atoms with Gasteiger partial charge in [0.15, 0.2) is 0 Å². The molecule has 0 aliphatic rings. The van der Waals surface area contributed by atoms with E-state index in [0.717, 1.165) is 0 Å². The van der Waals surface area contributed by atoms with Gasteiger partial charge >= 0.3 is 11.8 Å². The summed E-state index contributed by atoms with van der Waals surface area (Å²) in [6, 6.07) is 1.42. The van der Waals surface area contributed by atoms with Crippen molar-refractivity contribution in [2.75, 3.05) is 13.7 Å². The summed E-state index contributed by atoms with van der Waals surface area (Å²) in [5, 5.41) is 10.7. The van der Waals surface area contributed by atoms with Gasteiger partial charge in [-0.1, -0.05) is 0 Å². The molecule has 0 fully saturated rings. The van der Waals surface area contributed by atoms with E-state index < -0.39 is 16.8 Å². The zero-order chi connectivity index (χ0) is 13.7. The number of carbonyl (C=O) groups excluding carboxylic acids is 1. The van der Waals surface area contributed by atoms with Gasteiger partial charge in [0.1, 0.15) is 6.20 Å². The highest BCUT2D eigenvalue weighted by atomic mass is 16.6. The van der Waals surface area contributed by atoms with Crippen LogP contribution < -0.4 is 4.74 Å². The first-order chi connectivity index (χ1) is 8.51. The Morgan fingerprint density at radius 1 is 1.61 bits per heavy atom. The third kappa shape index (κ3) is 2.93. The van der Waals surface area contributed by atoms with Crippen molar-refractivity contribution in [2.45, 2.75) is 19.8 Å². The Morgan fingerprint density at radius 2 is 2.28 bits per heavy atom. The van der Waals surface area contributed by atoms with Crippen molar-refractivity contribution in [3.63, 3.8) is 0 Å². The highest BCUT2D eigenvalue weighted by Crippen LogP contribution is 2.28. The molecule has 1 aromatic rings. The van der Waals surface area contributed by atoms with Gasteiger partial charge in [-0.15, -0.1) is 0 Å². The van der Waals surface area contributed by atoms with Crippen LogP contribution in [0.2, 0.25) is 0 Å². The molecule has 1 atom stereocenters. The van der Waals surface area contributed by atoms with E-state index in [0.29, 0.717) is 5.56 Å². The molecule has 7 heteroatoms. The van der Waals surface area contributed by atoms with Crippen molar-refractivity contribution in [1.82, 2.24) is 4.98 Å². The molecule has 7 nitrogen and oxygen atoms in total. The number of esters is 1. The standard InChI is InChI=1S/C11H14N2O5/c1-4-18-11(14)7(2)8-5-9(17-3)10(12-6-8)13(15)16/h5-7H,4H2,1-3H3/t7-/m0/s1. The molecule has 0 bridgehead atoms. The van der Waals surface area contributed by atoms with Gasteiger partial charge in [0.2, 0.25) is 5.75 Å². The molecule has 0 amide bonds. The maximum Gasteiger partial charge on any atom is 0.406 e. The van der Waals surface area contributed by atoms with Gasteiger partial charge in [0.25, 0.3) is 0 Å². The van der Waals surface area contributed by atoms with Crippen molar-refractivity contribution >= 4 is 11.8 Å². The lowest BCUT2D eigenvalue weighted by molar-refractivity contribution is -0.390. The molecule has 0 N–H and O–H groups in total. The third-order valence-corrected chi connectivity index (χ3v) is 2.39. The number of nitrogens with zero attached hydrogens (tertiary/aromatic N) is 2. The summed E-state index contributed by atoms with van der Waals surface area (Å²) in [4.78, 5) is 25.2. The summed E-state index contributed by atoms with van der Waals surface area (Å²) in [5.74, 6) is -1.31. The number of hydrogen-bond donors (Lipinski definition) is 0. The fourth-order valence-electron chi connectivity index (χ4n) is 1.38. The van der Waals surface area contributed by atoms with E-state index in [1.165, 1.54) is 19.4 Å². The zero-order valence-electron chi connectivity index (χ0n) is 10.4. The Balaban J connectivity index is 3.05. The van der Waals surface area contributed by atoms with Crippen LogP contribution in [0.15, 0.2) is 12.3 Å². The summed E-state index contributed by atoms with van der Waals surface area (Å²) >= 11 is 0. The van der Waals surface area contributed by atoms with E-state index in [4.69, 9.17) is 9.47 Å². The van der Waals surface area contributed by atoms with Crippen LogP contribution in [0.3, 0.4) is 0 Å². The van der Waals surface area contributed by atoms with Gasteiger partial charge in [0.05, 0.1) is 19.6 Å². The van der Waals surface area contributed by atoms with Crippen LogP contribution >= 0.6 is 0 Å². The van der Waals surface area contributed by atoms with Crippen LogP contribution in [0.5, 0.6) is 5.75 Å². The highest BCUT2D eigenvalue weighted by Gasteiger charge is 2.23. The van der Waals surface area contributed by atoms with Crippen LogP contribution in [0.4, 0.5) is 5.82 Å². The molecule has 0 aromatic carbocycles. The Bertz CT molecular complexity index is 461. The molecule has 0 aliphatic carbocycles. The minimum atomic E-state index is -0.641. The van der Waals surface area contributed by atoms with E-state index >= 15 is 0 Å². The van der Waals surface area contributed by atoms with E-state index in [1.54, 1.807) is 13.8 Å². The van der Waals surface area contributed by atoms with Crippen molar-refractivity contribution in [1.29, 1.82) is 0 Å². The van der Waals surface area contributed by atoms with Gasteiger partial charge in [-0.3, -0.25) is 4.79 Å². The lowest BCUT2D eigenvalue weighted by Gasteiger charge is -2.10. The van der Waals surface area contributed by atoms with Gasteiger partial charge in [0, 0.05) is 5.56 Å². The average molecular weight is 254 g/mol. The number of aromatic nitrogens is 1. The predicted octanol–water partition coefficient (Wildman–Crippen LogP) is 1.67. The Morgan fingerprint density at radius 3 is 2.78 bits per heavy atom. The van der Waals surface area contributed by atoms with Crippen LogP contribution in [-0.4, -0.2) is 29.6 Å². The highest BCUT2D eigenvalue weighted by molar-refractivity contribution is 5.77.